The van der Waals surface area contributed by atoms with Crippen molar-refractivity contribution in [1.29, 1.82) is 0 Å². The third-order valence-electron chi connectivity index (χ3n) is 3.35. The molecule has 0 unspecified atom stereocenters. The molecule has 1 N–H and O–H groups in total. The number of aliphatic hydroxyl groups is 1. The number of rotatable bonds is 9. The minimum Gasteiger partial charge on any atom is -0.392 e. The first-order valence-electron chi connectivity index (χ1n) is 7.31. The topological polar surface area (TPSA) is 66.8 Å². The first-order chi connectivity index (χ1) is 10.0. The van der Waals surface area contributed by atoms with Crippen LogP contribution in [0.25, 0.3) is 0 Å². The molecular weight excluding hydrogens is 290 g/mol. The number of hydrogen-bond acceptors (Lipinski definition) is 4. The van der Waals surface area contributed by atoms with E-state index in [0.717, 1.165) is 5.56 Å². The van der Waals surface area contributed by atoms with Crippen molar-refractivity contribution in [2.75, 3.05) is 26.3 Å². The molecule has 0 heterocycles. The molecule has 0 atom stereocenters. The van der Waals surface area contributed by atoms with Crippen LogP contribution in [0.4, 0.5) is 0 Å². The minimum atomic E-state index is -3.56. The number of aliphatic hydroxyl groups excluding tert-OH is 1. The number of ether oxygens (including phenoxy) is 1. The van der Waals surface area contributed by atoms with Gasteiger partial charge in [-0.05, 0) is 30.5 Å². The molecule has 0 aromatic heterocycles. The Morgan fingerprint density at radius 1 is 1.24 bits per heavy atom. The van der Waals surface area contributed by atoms with Crippen molar-refractivity contribution >= 4 is 10.0 Å². The maximum atomic E-state index is 12.8. The highest BCUT2D eigenvalue weighted by atomic mass is 32.2. The molecule has 5 nitrogen and oxygen atoms in total. The summed E-state index contributed by atoms with van der Waals surface area (Å²) in [5.74, 6) is 0. The van der Waals surface area contributed by atoms with Gasteiger partial charge >= 0.3 is 0 Å². The molecule has 1 aromatic carbocycles. The molecule has 1 aromatic rings. The number of benzene rings is 1. The van der Waals surface area contributed by atoms with Crippen molar-refractivity contribution in [3.05, 3.63) is 29.3 Å². The average molecular weight is 315 g/mol. The van der Waals surface area contributed by atoms with Crippen LogP contribution >= 0.6 is 0 Å². The molecule has 120 valence electrons. The van der Waals surface area contributed by atoms with E-state index in [1.165, 1.54) is 4.31 Å². The molecule has 0 saturated carbocycles. The van der Waals surface area contributed by atoms with Crippen LogP contribution in [0.5, 0.6) is 0 Å². The fraction of sp³-hybridized carbons (Fsp3) is 0.600. The molecular formula is C15H25NO4S. The van der Waals surface area contributed by atoms with Crippen molar-refractivity contribution in [3.8, 4) is 0 Å². The van der Waals surface area contributed by atoms with Crippen LogP contribution in [0.1, 0.15) is 31.9 Å². The molecule has 0 spiro atoms. The lowest BCUT2D eigenvalue weighted by Crippen LogP contribution is -2.34. The highest BCUT2D eigenvalue weighted by Crippen LogP contribution is 2.22. The van der Waals surface area contributed by atoms with E-state index in [4.69, 9.17) is 4.74 Å². The van der Waals surface area contributed by atoms with Crippen LogP contribution in [-0.4, -0.2) is 44.1 Å². The number of nitrogens with zero attached hydrogens (tertiary/aromatic N) is 1. The summed E-state index contributed by atoms with van der Waals surface area (Å²) >= 11 is 0. The molecule has 0 aliphatic heterocycles. The van der Waals surface area contributed by atoms with Gasteiger partial charge in [0.15, 0.2) is 0 Å². The lowest BCUT2D eigenvalue weighted by atomic mass is 10.1. The first-order valence-corrected chi connectivity index (χ1v) is 8.75. The highest BCUT2D eigenvalue weighted by molar-refractivity contribution is 7.89. The SMILES string of the molecule is CCOCCN(CC)S(=O)(=O)c1cc(CO)ccc1CC. The highest BCUT2D eigenvalue weighted by Gasteiger charge is 2.25. The second kappa shape index (κ2) is 8.48. The van der Waals surface area contributed by atoms with Gasteiger partial charge in [-0.25, -0.2) is 8.42 Å². The van der Waals surface area contributed by atoms with Crippen LogP contribution in [0.2, 0.25) is 0 Å². The molecule has 0 bridgehead atoms. The molecule has 0 aliphatic rings. The second-order valence-corrected chi connectivity index (χ2v) is 6.55. The third kappa shape index (κ3) is 4.51. The summed E-state index contributed by atoms with van der Waals surface area (Å²) in [5, 5.41) is 9.23. The Bertz CT molecular complexity index is 543. The van der Waals surface area contributed by atoms with E-state index in [2.05, 4.69) is 0 Å². The smallest absolute Gasteiger partial charge is 0.243 e. The standard InChI is InChI=1S/C15H25NO4S/c1-4-14-8-7-13(12-17)11-15(14)21(18,19)16(5-2)9-10-20-6-3/h7-8,11,17H,4-6,9-10,12H2,1-3H3. The number of aryl methyl sites for hydroxylation is 1. The molecule has 0 fully saturated rings. The van der Waals surface area contributed by atoms with Gasteiger partial charge < -0.3 is 9.84 Å². The molecule has 0 aliphatic carbocycles. The summed E-state index contributed by atoms with van der Waals surface area (Å²) in [4.78, 5) is 0.287. The number of likely N-dealkylation sites (N-methyl/N-ethyl adjacent to an activating group) is 1. The Hall–Kier alpha value is -0.950. The largest absolute Gasteiger partial charge is 0.392 e. The molecule has 0 radical (unpaired) electrons. The minimum absolute atomic E-state index is 0.169. The van der Waals surface area contributed by atoms with E-state index in [-0.39, 0.29) is 11.5 Å². The predicted octanol–water partition coefficient (Wildman–Crippen LogP) is 1.79. The van der Waals surface area contributed by atoms with E-state index in [0.29, 0.717) is 38.3 Å². The normalized spacial score (nSPS) is 12.0. The van der Waals surface area contributed by atoms with Crippen molar-refractivity contribution in [3.63, 3.8) is 0 Å². The average Bonchev–Trinajstić information content (AvgIpc) is 2.50. The Morgan fingerprint density at radius 3 is 2.48 bits per heavy atom. The Morgan fingerprint density at radius 2 is 1.95 bits per heavy atom. The Balaban J connectivity index is 3.14. The molecule has 0 saturated heterocycles. The van der Waals surface area contributed by atoms with Crippen molar-refractivity contribution in [1.82, 2.24) is 4.31 Å². The third-order valence-corrected chi connectivity index (χ3v) is 5.41. The Kier molecular flexibility index (Phi) is 7.31. The monoisotopic (exact) mass is 315 g/mol. The van der Waals surface area contributed by atoms with Crippen molar-refractivity contribution in [2.45, 2.75) is 38.7 Å². The van der Waals surface area contributed by atoms with Gasteiger partial charge in [0.1, 0.15) is 0 Å². The number of hydrogen-bond donors (Lipinski definition) is 1. The summed E-state index contributed by atoms with van der Waals surface area (Å²) in [6, 6.07) is 5.10. The van der Waals surface area contributed by atoms with Crippen molar-refractivity contribution in [2.24, 2.45) is 0 Å². The van der Waals surface area contributed by atoms with Gasteiger partial charge in [0.25, 0.3) is 0 Å². The Labute approximate surface area is 127 Å². The molecule has 0 amide bonds. The zero-order chi connectivity index (χ0) is 15.9. The quantitative estimate of drug-likeness (QED) is 0.706. The van der Waals surface area contributed by atoms with Gasteiger partial charge in [-0.1, -0.05) is 26.0 Å². The van der Waals surface area contributed by atoms with Gasteiger partial charge in [0.2, 0.25) is 10.0 Å². The second-order valence-electron chi connectivity index (χ2n) is 4.65. The van der Waals surface area contributed by atoms with Crippen LogP contribution in [0.15, 0.2) is 23.1 Å². The zero-order valence-electron chi connectivity index (χ0n) is 13.0. The summed E-state index contributed by atoms with van der Waals surface area (Å²) in [6.07, 6.45) is 0.628. The fourth-order valence-corrected chi connectivity index (χ4v) is 3.90. The van der Waals surface area contributed by atoms with Crippen LogP contribution in [0.3, 0.4) is 0 Å². The predicted molar refractivity (Wildman–Crippen MR) is 82.7 cm³/mol. The van der Waals surface area contributed by atoms with Gasteiger partial charge in [0.05, 0.1) is 18.1 Å². The van der Waals surface area contributed by atoms with E-state index in [9.17, 15) is 13.5 Å². The van der Waals surface area contributed by atoms with Crippen LogP contribution in [-0.2, 0) is 27.8 Å². The van der Waals surface area contributed by atoms with Gasteiger partial charge in [-0.3, -0.25) is 0 Å². The van der Waals surface area contributed by atoms with E-state index < -0.39 is 10.0 Å². The van der Waals surface area contributed by atoms with Crippen LogP contribution in [0, 0.1) is 0 Å². The molecule has 21 heavy (non-hydrogen) atoms. The summed E-state index contributed by atoms with van der Waals surface area (Å²) in [5.41, 5.74) is 1.37. The fourth-order valence-electron chi connectivity index (χ4n) is 2.13. The maximum Gasteiger partial charge on any atom is 0.243 e. The van der Waals surface area contributed by atoms with Gasteiger partial charge in [-0.15, -0.1) is 0 Å². The van der Waals surface area contributed by atoms with E-state index in [1.54, 1.807) is 18.2 Å². The summed E-state index contributed by atoms with van der Waals surface area (Å²) < 4.78 is 32.3. The van der Waals surface area contributed by atoms with Crippen LogP contribution < -0.4 is 0 Å². The lowest BCUT2D eigenvalue weighted by Gasteiger charge is -2.22. The first kappa shape index (κ1) is 18.1. The zero-order valence-corrected chi connectivity index (χ0v) is 13.8. The lowest BCUT2D eigenvalue weighted by molar-refractivity contribution is 0.135. The van der Waals surface area contributed by atoms with E-state index in [1.807, 2.05) is 20.8 Å². The van der Waals surface area contributed by atoms with Gasteiger partial charge in [-0.2, -0.15) is 4.31 Å². The summed E-state index contributed by atoms with van der Waals surface area (Å²) in [7, 11) is -3.56. The summed E-state index contributed by atoms with van der Waals surface area (Å²) in [6.45, 7) is 7.11. The van der Waals surface area contributed by atoms with Crippen molar-refractivity contribution < 1.29 is 18.3 Å². The van der Waals surface area contributed by atoms with E-state index >= 15 is 0 Å². The molecule has 1 rings (SSSR count). The molecule has 6 heteroatoms. The maximum absolute atomic E-state index is 12.8. The number of sulfonamides is 1. The van der Waals surface area contributed by atoms with Gasteiger partial charge in [0, 0.05) is 19.7 Å².